The van der Waals surface area contributed by atoms with Crippen LogP contribution in [0.5, 0.6) is 11.5 Å². The van der Waals surface area contributed by atoms with E-state index < -0.39 is 0 Å². The molecule has 6 heteroatoms. The summed E-state index contributed by atoms with van der Waals surface area (Å²) >= 11 is 0. The van der Waals surface area contributed by atoms with Gasteiger partial charge in [-0.15, -0.1) is 0 Å². The lowest BCUT2D eigenvalue weighted by atomic mass is 9.93. The minimum Gasteiger partial charge on any atom is -0.493 e. The third kappa shape index (κ3) is 6.46. The molecule has 0 saturated carbocycles. The highest BCUT2D eigenvalue weighted by atomic mass is 16.5. The molecule has 0 bridgehead atoms. The average molecular weight is 398 g/mol. The Labute approximate surface area is 173 Å². The molecule has 1 amide bonds. The Hall–Kier alpha value is -2.60. The Morgan fingerprint density at radius 1 is 1.21 bits per heavy atom. The summed E-state index contributed by atoms with van der Waals surface area (Å²) in [6, 6.07) is 9.55. The molecule has 1 unspecified atom stereocenters. The molecule has 1 aromatic carbocycles. The number of amides is 1. The van der Waals surface area contributed by atoms with E-state index in [1.165, 1.54) is 12.8 Å². The molecule has 1 atom stereocenters. The Morgan fingerprint density at radius 3 is 2.69 bits per heavy atom. The number of hydrogen-bond acceptors (Lipinski definition) is 5. The van der Waals surface area contributed by atoms with Crippen LogP contribution in [0.4, 0.5) is 0 Å². The van der Waals surface area contributed by atoms with Crippen molar-refractivity contribution in [1.29, 1.82) is 0 Å². The number of aromatic nitrogens is 1. The molecule has 29 heavy (non-hydrogen) atoms. The van der Waals surface area contributed by atoms with Gasteiger partial charge in [-0.25, -0.2) is 0 Å². The molecular weight excluding hydrogens is 366 g/mol. The van der Waals surface area contributed by atoms with Gasteiger partial charge in [-0.2, -0.15) is 0 Å². The van der Waals surface area contributed by atoms with Gasteiger partial charge in [0.15, 0.2) is 11.5 Å². The first-order valence-corrected chi connectivity index (χ1v) is 10.4. The molecule has 0 aliphatic carbocycles. The summed E-state index contributed by atoms with van der Waals surface area (Å²) < 4.78 is 11.4. The van der Waals surface area contributed by atoms with E-state index in [9.17, 15) is 4.79 Å². The summed E-state index contributed by atoms with van der Waals surface area (Å²) in [6.07, 6.45) is 7.37. The highest BCUT2D eigenvalue weighted by Gasteiger charge is 2.17. The van der Waals surface area contributed by atoms with Crippen molar-refractivity contribution in [2.45, 2.75) is 45.3 Å². The molecule has 2 heterocycles. The summed E-state index contributed by atoms with van der Waals surface area (Å²) in [4.78, 5) is 16.4. The van der Waals surface area contributed by atoms with Gasteiger partial charge in [0.2, 0.25) is 5.91 Å². The smallest absolute Gasteiger partial charge is 0.220 e. The Bertz CT molecular complexity index is 776. The van der Waals surface area contributed by atoms with Crippen LogP contribution in [0.15, 0.2) is 42.7 Å². The Kier molecular flexibility index (Phi) is 7.87. The first kappa shape index (κ1) is 21.1. The van der Waals surface area contributed by atoms with Gasteiger partial charge in [-0.1, -0.05) is 6.07 Å². The molecule has 156 valence electrons. The molecule has 0 radical (unpaired) electrons. The zero-order chi connectivity index (χ0) is 20.5. The summed E-state index contributed by atoms with van der Waals surface area (Å²) in [5.41, 5.74) is 2.04. The van der Waals surface area contributed by atoms with Crippen molar-refractivity contribution in [3.63, 3.8) is 0 Å². The first-order valence-electron chi connectivity index (χ1n) is 10.4. The van der Waals surface area contributed by atoms with Crippen molar-refractivity contribution in [2.24, 2.45) is 5.92 Å². The fourth-order valence-electron chi connectivity index (χ4n) is 3.62. The standard InChI is InChI=1S/C23H31N3O3/c1-17(26-23(27)6-3-18-7-11-24-12-8-18)20-4-5-21(22(15-20)28-2)29-16-19-9-13-25-14-10-19/h4-5,9-10,13-15,17-18,24H,3,6-8,11-12,16H2,1-2H3,(H,26,27). The highest BCUT2D eigenvalue weighted by molar-refractivity contribution is 5.76. The number of benzene rings is 1. The van der Waals surface area contributed by atoms with E-state index >= 15 is 0 Å². The van der Waals surface area contributed by atoms with Gasteiger partial charge in [0.05, 0.1) is 13.2 Å². The summed E-state index contributed by atoms with van der Waals surface area (Å²) in [5, 5.41) is 6.47. The maximum absolute atomic E-state index is 12.4. The number of ether oxygens (including phenoxy) is 2. The number of nitrogens with zero attached hydrogens (tertiary/aromatic N) is 1. The van der Waals surface area contributed by atoms with E-state index in [1.807, 2.05) is 37.3 Å². The van der Waals surface area contributed by atoms with Crippen LogP contribution in [0.25, 0.3) is 0 Å². The van der Waals surface area contributed by atoms with Gasteiger partial charge in [0.25, 0.3) is 0 Å². The van der Waals surface area contributed by atoms with E-state index in [0.29, 0.717) is 30.4 Å². The van der Waals surface area contributed by atoms with Crippen LogP contribution in [0.2, 0.25) is 0 Å². The van der Waals surface area contributed by atoms with Crippen LogP contribution in [0.1, 0.15) is 49.8 Å². The zero-order valence-corrected chi connectivity index (χ0v) is 17.3. The third-order valence-electron chi connectivity index (χ3n) is 5.45. The number of rotatable bonds is 9. The number of methoxy groups -OCH3 is 1. The van der Waals surface area contributed by atoms with Crippen LogP contribution in [-0.2, 0) is 11.4 Å². The summed E-state index contributed by atoms with van der Waals surface area (Å²) in [6.45, 7) is 4.58. The van der Waals surface area contributed by atoms with E-state index in [0.717, 1.165) is 30.6 Å². The largest absolute Gasteiger partial charge is 0.493 e. The zero-order valence-electron chi connectivity index (χ0n) is 17.3. The van der Waals surface area contributed by atoms with Crippen LogP contribution in [0.3, 0.4) is 0 Å². The number of carbonyl (C=O) groups is 1. The molecule has 1 aliphatic heterocycles. The predicted octanol–water partition coefficient (Wildman–Crippen LogP) is 3.63. The fraction of sp³-hybridized carbons (Fsp3) is 0.478. The van der Waals surface area contributed by atoms with Gasteiger partial charge < -0.3 is 20.1 Å². The summed E-state index contributed by atoms with van der Waals surface area (Å²) in [7, 11) is 1.63. The minimum atomic E-state index is -0.0846. The highest BCUT2D eigenvalue weighted by Crippen LogP contribution is 2.31. The monoisotopic (exact) mass is 397 g/mol. The molecule has 1 saturated heterocycles. The summed E-state index contributed by atoms with van der Waals surface area (Å²) in [5.74, 6) is 2.10. The molecular formula is C23H31N3O3. The molecule has 0 spiro atoms. The molecule has 2 N–H and O–H groups in total. The number of carbonyl (C=O) groups excluding carboxylic acids is 1. The maximum atomic E-state index is 12.4. The number of nitrogens with one attached hydrogen (secondary N) is 2. The van der Waals surface area contributed by atoms with E-state index in [1.54, 1.807) is 19.5 Å². The second-order valence-corrected chi connectivity index (χ2v) is 7.58. The Balaban J connectivity index is 1.53. The van der Waals surface area contributed by atoms with E-state index in [-0.39, 0.29) is 11.9 Å². The second-order valence-electron chi connectivity index (χ2n) is 7.58. The maximum Gasteiger partial charge on any atom is 0.220 e. The van der Waals surface area contributed by atoms with Crippen molar-refractivity contribution in [3.8, 4) is 11.5 Å². The molecule has 1 fully saturated rings. The van der Waals surface area contributed by atoms with E-state index in [4.69, 9.17) is 9.47 Å². The van der Waals surface area contributed by atoms with Gasteiger partial charge in [-0.3, -0.25) is 9.78 Å². The number of pyridine rings is 1. The quantitative estimate of drug-likeness (QED) is 0.676. The third-order valence-corrected chi connectivity index (χ3v) is 5.45. The average Bonchev–Trinajstić information content (AvgIpc) is 2.77. The molecule has 3 rings (SSSR count). The van der Waals surface area contributed by atoms with Crippen LogP contribution in [0, 0.1) is 5.92 Å². The minimum absolute atomic E-state index is 0.0846. The molecule has 2 aromatic rings. The van der Waals surface area contributed by atoms with Gasteiger partial charge in [-0.05, 0) is 80.6 Å². The van der Waals surface area contributed by atoms with Gasteiger partial charge in [0, 0.05) is 18.8 Å². The normalized spacial score (nSPS) is 15.5. The Morgan fingerprint density at radius 2 is 1.97 bits per heavy atom. The predicted molar refractivity (Wildman–Crippen MR) is 113 cm³/mol. The number of piperidine rings is 1. The van der Waals surface area contributed by atoms with Gasteiger partial charge >= 0.3 is 0 Å². The second kappa shape index (κ2) is 10.8. The molecule has 1 aromatic heterocycles. The van der Waals surface area contributed by atoms with Crippen molar-refractivity contribution in [3.05, 3.63) is 53.9 Å². The van der Waals surface area contributed by atoms with Crippen LogP contribution in [-0.4, -0.2) is 31.1 Å². The fourth-order valence-corrected chi connectivity index (χ4v) is 3.62. The van der Waals surface area contributed by atoms with Crippen molar-refractivity contribution < 1.29 is 14.3 Å². The molecule has 1 aliphatic rings. The van der Waals surface area contributed by atoms with Crippen LogP contribution >= 0.6 is 0 Å². The lowest BCUT2D eigenvalue weighted by molar-refractivity contribution is -0.122. The van der Waals surface area contributed by atoms with Crippen molar-refractivity contribution >= 4 is 5.91 Å². The van der Waals surface area contributed by atoms with Gasteiger partial charge in [0.1, 0.15) is 6.61 Å². The lowest BCUT2D eigenvalue weighted by Crippen LogP contribution is -2.30. The van der Waals surface area contributed by atoms with Crippen molar-refractivity contribution in [2.75, 3.05) is 20.2 Å². The van der Waals surface area contributed by atoms with Crippen molar-refractivity contribution in [1.82, 2.24) is 15.6 Å². The lowest BCUT2D eigenvalue weighted by Gasteiger charge is -2.22. The number of hydrogen-bond donors (Lipinski definition) is 2. The molecule has 6 nitrogen and oxygen atoms in total. The topological polar surface area (TPSA) is 72.5 Å². The first-order chi connectivity index (χ1) is 14.2. The SMILES string of the molecule is COc1cc(C(C)NC(=O)CCC2CCNCC2)ccc1OCc1ccncc1. The van der Waals surface area contributed by atoms with Crippen LogP contribution < -0.4 is 20.1 Å². The van der Waals surface area contributed by atoms with E-state index in [2.05, 4.69) is 15.6 Å².